The summed E-state index contributed by atoms with van der Waals surface area (Å²) >= 11 is 0. The molecule has 0 bridgehead atoms. The monoisotopic (exact) mass is 196 g/mol. The molecule has 2 heteroatoms. The van der Waals surface area contributed by atoms with Crippen molar-refractivity contribution in [1.29, 1.82) is 0 Å². The van der Waals surface area contributed by atoms with Crippen molar-refractivity contribution < 1.29 is 0 Å². The molecule has 0 spiro atoms. The Bertz CT molecular complexity index is 164. The van der Waals surface area contributed by atoms with Crippen LogP contribution in [0.2, 0.25) is 0 Å². The highest BCUT2D eigenvalue weighted by molar-refractivity contribution is 4.79. The fraction of sp³-hybridized carbons (Fsp3) is 1.00. The summed E-state index contributed by atoms with van der Waals surface area (Å²) < 4.78 is 0. The standard InChI is InChI=1S/C12H24N2/c1-10-4-5-11(7-10)8-13-9-12-3-2-6-14-12/h10-14H,2-9H2,1H3. The van der Waals surface area contributed by atoms with Gasteiger partial charge in [0.15, 0.2) is 0 Å². The van der Waals surface area contributed by atoms with Crippen LogP contribution in [-0.4, -0.2) is 25.7 Å². The van der Waals surface area contributed by atoms with Crippen LogP contribution in [-0.2, 0) is 0 Å². The highest BCUT2D eigenvalue weighted by atomic mass is 15.0. The molecule has 1 heterocycles. The van der Waals surface area contributed by atoms with Crippen LogP contribution < -0.4 is 10.6 Å². The normalized spacial score (nSPS) is 37.9. The molecule has 3 atom stereocenters. The van der Waals surface area contributed by atoms with Crippen molar-refractivity contribution >= 4 is 0 Å². The lowest BCUT2D eigenvalue weighted by Crippen LogP contribution is -2.35. The Morgan fingerprint density at radius 2 is 2.14 bits per heavy atom. The molecule has 0 amide bonds. The molecule has 0 aromatic carbocycles. The molecule has 1 saturated carbocycles. The fourth-order valence-corrected chi connectivity index (χ4v) is 2.90. The quantitative estimate of drug-likeness (QED) is 0.716. The first-order chi connectivity index (χ1) is 6.84. The zero-order chi connectivity index (χ0) is 9.80. The molecule has 2 nitrogen and oxygen atoms in total. The third kappa shape index (κ3) is 2.96. The van der Waals surface area contributed by atoms with E-state index in [1.807, 2.05) is 0 Å². The first-order valence-electron chi connectivity index (χ1n) is 6.28. The van der Waals surface area contributed by atoms with Crippen LogP contribution >= 0.6 is 0 Å². The second-order valence-corrected chi connectivity index (χ2v) is 5.24. The smallest absolute Gasteiger partial charge is 0.0192 e. The highest BCUT2D eigenvalue weighted by Crippen LogP contribution is 2.29. The summed E-state index contributed by atoms with van der Waals surface area (Å²) in [5, 5.41) is 7.16. The van der Waals surface area contributed by atoms with Gasteiger partial charge in [-0.3, -0.25) is 0 Å². The molecule has 14 heavy (non-hydrogen) atoms. The Kier molecular flexibility index (Phi) is 3.82. The molecule has 1 aliphatic heterocycles. The van der Waals surface area contributed by atoms with Gasteiger partial charge in [0.2, 0.25) is 0 Å². The van der Waals surface area contributed by atoms with E-state index in [-0.39, 0.29) is 0 Å². The number of nitrogens with one attached hydrogen (secondary N) is 2. The zero-order valence-corrected chi connectivity index (χ0v) is 9.39. The molecule has 2 fully saturated rings. The molecular weight excluding hydrogens is 172 g/mol. The van der Waals surface area contributed by atoms with Gasteiger partial charge in [0, 0.05) is 12.6 Å². The van der Waals surface area contributed by atoms with Crippen LogP contribution in [0.15, 0.2) is 0 Å². The Balaban J connectivity index is 1.54. The molecule has 1 aliphatic carbocycles. The number of rotatable bonds is 4. The summed E-state index contributed by atoms with van der Waals surface area (Å²) in [6.45, 7) is 6.05. The molecule has 2 aliphatic rings. The minimum atomic E-state index is 0.758. The Morgan fingerprint density at radius 1 is 1.21 bits per heavy atom. The lowest BCUT2D eigenvalue weighted by molar-refractivity contribution is 0.446. The van der Waals surface area contributed by atoms with Gasteiger partial charge in [-0.15, -0.1) is 0 Å². The van der Waals surface area contributed by atoms with E-state index in [2.05, 4.69) is 17.6 Å². The van der Waals surface area contributed by atoms with Crippen LogP contribution in [0.1, 0.15) is 39.0 Å². The molecule has 0 radical (unpaired) electrons. The first-order valence-corrected chi connectivity index (χ1v) is 6.28. The fourth-order valence-electron chi connectivity index (χ4n) is 2.90. The lowest BCUT2D eigenvalue weighted by Gasteiger charge is -2.14. The molecule has 2 rings (SSSR count). The van der Waals surface area contributed by atoms with Crippen molar-refractivity contribution in [3.8, 4) is 0 Å². The molecule has 0 aromatic rings. The summed E-state index contributed by atoms with van der Waals surface area (Å²) in [5.41, 5.74) is 0. The van der Waals surface area contributed by atoms with E-state index in [9.17, 15) is 0 Å². The van der Waals surface area contributed by atoms with Gasteiger partial charge in [0.25, 0.3) is 0 Å². The molecule has 2 N–H and O–H groups in total. The van der Waals surface area contributed by atoms with E-state index in [0.29, 0.717) is 0 Å². The van der Waals surface area contributed by atoms with E-state index in [1.165, 1.54) is 51.7 Å². The van der Waals surface area contributed by atoms with Gasteiger partial charge in [0.1, 0.15) is 0 Å². The van der Waals surface area contributed by atoms with Crippen molar-refractivity contribution in [2.24, 2.45) is 11.8 Å². The van der Waals surface area contributed by atoms with Gasteiger partial charge in [0.05, 0.1) is 0 Å². The van der Waals surface area contributed by atoms with Gasteiger partial charge in [-0.2, -0.15) is 0 Å². The van der Waals surface area contributed by atoms with E-state index in [1.54, 1.807) is 0 Å². The number of hydrogen-bond donors (Lipinski definition) is 2. The minimum Gasteiger partial charge on any atom is -0.315 e. The summed E-state index contributed by atoms with van der Waals surface area (Å²) in [4.78, 5) is 0. The van der Waals surface area contributed by atoms with E-state index >= 15 is 0 Å². The second-order valence-electron chi connectivity index (χ2n) is 5.24. The van der Waals surface area contributed by atoms with E-state index in [0.717, 1.165) is 17.9 Å². The third-order valence-electron chi connectivity index (χ3n) is 3.79. The van der Waals surface area contributed by atoms with Crippen LogP contribution in [0.5, 0.6) is 0 Å². The average Bonchev–Trinajstić information content (AvgIpc) is 2.77. The van der Waals surface area contributed by atoms with Gasteiger partial charge >= 0.3 is 0 Å². The predicted octanol–water partition coefficient (Wildman–Crippen LogP) is 1.76. The molecule has 1 saturated heterocycles. The largest absolute Gasteiger partial charge is 0.315 e. The lowest BCUT2D eigenvalue weighted by atomic mass is 10.1. The van der Waals surface area contributed by atoms with Crippen molar-refractivity contribution in [3.05, 3.63) is 0 Å². The van der Waals surface area contributed by atoms with Crippen LogP contribution in [0.4, 0.5) is 0 Å². The van der Waals surface area contributed by atoms with Gasteiger partial charge in [-0.1, -0.05) is 13.3 Å². The molecular formula is C12H24N2. The van der Waals surface area contributed by atoms with Crippen molar-refractivity contribution in [2.75, 3.05) is 19.6 Å². The minimum absolute atomic E-state index is 0.758. The summed E-state index contributed by atoms with van der Waals surface area (Å²) in [5.74, 6) is 1.94. The Morgan fingerprint density at radius 3 is 2.79 bits per heavy atom. The van der Waals surface area contributed by atoms with Crippen LogP contribution in [0.3, 0.4) is 0 Å². The summed E-state index contributed by atoms with van der Waals surface area (Å²) in [6, 6.07) is 0.758. The maximum Gasteiger partial charge on any atom is 0.0192 e. The molecule has 0 aromatic heterocycles. The molecule has 3 unspecified atom stereocenters. The Hall–Kier alpha value is -0.0800. The zero-order valence-electron chi connectivity index (χ0n) is 9.39. The first kappa shape index (κ1) is 10.4. The maximum absolute atomic E-state index is 3.63. The van der Waals surface area contributed by atoms with Gasteiger partial charge in [-0.25, -0.2) is 0 Å². The Labute approximate surface area is 87.8 Å². The van der Waals surface area contributed by atoms with Crippen molar-refractivity contribution in [3.63, 3.8) is 0 Å². The maximum atomic E-state index is 3.63. The third-order valence-corrected chi connectivity index (χ3v) is 3.79. The van der Waals surface area contributed by atoms with Crippen molar-refractivity contribution in [2.45, 2.75) is 45.1 Å². The van der Waals surface area contributed by atoms with Crippen LogP contribution in [0, 0.1) is 11.8 Å². The average molecular weight is 196 g/mol. The van der Waals surface area contributed by atoms with E-state index < -0.39 is 0 Å². The highest BCUT2D eigenvalue weighted by Gasteiger charge is 2.21. The van der Waals surface area contributed by atoms with E-state index in [4.69, 9.17) is 0 Å². The SMILES string of the molecule is CC1CCC(CNCC2CCCN2)C1. The number of hydrogen-bond acceptors (Lipinski definition) is 2. The topological polar surface area (TPSA) is 24.1 Å². The molecule has 82 valence electrons. The van der Waals surface area contributed by atoms with Gasteiger partial charge in [-0.05, 0) is 50.6 Å². The second kappa shape index (κ2) is 5.13. The summed E-state index contributed by atoms with van der Waals surface area (Å²) in [7, 11) is 0. The van der Waals surface area contributed by atoms with Crippen molar-refractivity contribution in [1.82, 2.24) is 10.6 Å². The van der Waals surface area contributed by atoms with Gasteiger partial charge < -0.3 is 10.6 Å². The predicted molar refractivity (Wildman–Crippen MR) is 60.4 cm³/mol. The summed E-state index contributed by atoms with van der Waals surface area (Å²) in [6.07, 6.45) is 7.09. The van der Waals surface area contributed by atoms with Crippen LogP contribution in [0.25, 0.3) is 0 Å².